The van der Waals surface area contributed by atoms with Crippen LogP contribution in [0.2, 0.25) is 0 Å². The number of aliphatic imine (C=N–C) groups is 1. The summed E-state index contributed by atoms with van der Waals surface area (Å²) < 4.78 is 28.3. The maximum Gasteiger partial charge on any atom is 0.213 e. The van der Waals surface area contributed by atoms with E-state index in [1.165, 1.54) is 6.33 Å². The number of nitrogens with one attached hydrogen (secondary N) is 3. The molecule has 0 amide bonds. The van der Waals surface area contributed by atoms with Crippen molar-refractivity contribution in [2.45, 2.75) is 13.1 Å². The first-order valence-corrected chi connectivity index (χ1v) is 9.44. The molecule has 2 aromatic rings. The summed E-state index contributed by atoms with van der Waals surface area (Å²) in [6, 6.07) is 9.38. The largest absolute Gasteiger partial charge is 0.355 e. The Morgan fingerprint density at radius 2 is 1.92 bits per heavy atom. The molecule has 0 saturated carbocycles. The Kier molecular flexibility index (Phi) is 9.51. The van der Waals surface area contributed by atoms with Crippen molar-refractivity contribution in [2.24, 2.45) is 12.0 Å². The number of hydrogen-bond acceptors (Lipinski definition) is 5. The number of sulfonamides is 1. The number of guanidine groups is 1. The number of aromatic nitrogens is 3. The first kappa shape index (κ1) is 22.3. The van der Waals surface area contributed by atoms with E-state index in [1.54, 1.807) is 18.8 Å². The van der Waals surface area contributed by atoms with Gasteiger partial charge in [-0.05, 0) is 5.56 Å². The molecule has 0 spiro atoms. The van der Waals surface area contributed by atoms with E-state index in [-0.39, 0.29) is 42.8 Å². The Balaban J connectivity index is 0.00000338. The fourth-order valence-corrected chi connectivity index (χ4v) is 2.93. The normalized spacial score (nSPS) is 11.7. The van der Waals surface area contributed by atoms with Crippen molar-refractivity contribution < 1.29 is 8.42 Å². The van der Waals surface area contributed by atoms with Crippen LogP contribution in [0.25, 0.3) is 0 Å². The first-order chi connectivity index (χ1) is 12.0. The summed E-state index contributed by atoms with van der Waals surface area (Å²) in [6.45, 7) is 0.958. The van der Waals surface area contributed by atoms with E-state index in [0.29, 0.717) is 12.5 Å². The van der Waals surface area contributed by atoms with Crippen molar-refractivity contribution in [1.29, 1.82) is 0 Å². The highest BCUT2D eigenvalue weighted by molar-refractivity contribution is 14.0. The predicted molar refractivity (Wildman–Crippen MR) is 112 cm³/mol. The van der Waals surface area contributed by atoms with Crippen LogP contribution in [0.5, 0.6) is 0 Å². The molecule has 9 nitrogen and oxygen atoms in total. The van der Waals surface area contributed by atoms with Crippen molar-refractivity contribution >= 4 is 40.0 Å². The average molecular weight is 493 g/mol. The molecule has 1 aromatic heterocycles. The Labute approximate surface area is 170 Å². The van der Waals surface area contributed by atoms with E-state index in [2.05, 4.69) is 30.4 Å². The van der Waals surface area contributed by atoms with Gasteiger partial charge in [0.25, 0.3) is 0 Å². The molecule has 0 fully saturated rings. The summed E-state index contributed by atoms with van der Waals surface area (Å²) in [5.41, 5.74) is 0.917. The van der Waals surface area contributed by atoms with Gasteiger partial charge in [-0.3, -0.25) is 9.67 Å². The van der Waals surface area contributed by atoms with Crippen LogP contribution in [0, 0.1) is 0 Å². The Morgan fingerprint density at radius 3 is 2.54 bits per heavy atom. The second-order valence-corrected chi connectivity index (χ2v) is 7.20. The van der Waals surface area contributed by atoms with E-state index < -0.39 is 10.0 Å². The summed E-state index contributed by atoms with van der Waals surface area (Å²) in [6.07, 6.45) is 1.47. The lowest BCUT2D eigenvalue weighted by Crippen LogP contribution is -2.41. The van der Waals surface area contributed by atoms with Gasteiger partial charge in [0.2, 0.25) is 10.0 Å². The van der Waals surface area contributed by atoms with Gasteiger partial charge in [-0.1, -0.05) is 30.3 Å². The highest BCUT2D eigenvalue weighted by atomic mass is 127. The number of halogens is 1. The summed E-state index contributed by atoms with van der Waals surface area (Å²) in [5.74, 6) is 1.20. The Bertz CT molecular complexity index is 793. The van der Waals surface area contributed by atoms with Gasteiger partial charge in [-0.25, -0.2) is 18.1 Å². The smallest absolute Gasteiger partial charge is 0.213 e. The van der Waals surface area contributed by atoms with Crippen LogP contribution in [-0.4, -0.2) is 48.5 Å². The predicted octanol–water partition coefficient (Wildman–Crippen LogP) is 0.218. The highest BCUT2D eigenvalue weighted by Gasteiger charge is 2.10. The van der Waals surface area contributed by atoms with Crippen molar-refractivity contribution in [2.75, 3.05) is 19.3 Å². The number of rotatable bonds is 8. The molecular formula is C15H24IN7O2S. The zero-order valence-corrected chi connectivity index (χ0v) is 17.9. The van der Waals surface area contributed by atoms with Crippen LogP contribution in [0.15, 0.2) is 41.7 Å². The van der Waals surface area contributed by atoms with Gasteiger partial charge in [-0.2, -0.15) is 5.10 Å². The SMILES string of the molecule is CN=C(NCCS(=O)(=O)NCc1ccccc1)NCc1ncnn1C.I. The zero-order valence-electron chi connectivity index (χ0n) is 14.7. The molecule has 1 aromatic carbocycles. The van der Waals surface area contributed by atoms with Crippen LogP contribution in [0.3, 0.4) is 0 Å². The molecule has 2 rings (SSSR count). The molecule has 26 heavy (non-hydrogen) atoms. The van der Waals surface area contributed by atoms with E-state index >= 15 is 0 Å². The van der Waals surface area contributed by atoms with Crippen molar-refractivity contribution in [3.05, 3.63) is 48.0 Å². The van der Waals surface area contributed by atoms with Crippen LogP contribution < -0.4 is 15.4 Å². The molecule has 0 bridgehead atoms. The van der Waals surface area contributed by atoms with Gasteiger partial charge in [0.05, 0.1) is 12.3 Å². The molecule has 1 heterocycles. The minimum Gasteiger partial charge on any atom is -0.355 e. The molecule has 11 heteroatoms. The lowest BCUT2D eigenvalue weighted by Gasteiger charge is -2.12. The molecule has 0 saturated heterocycles. The van der Waals surface area contributed by atoms with E-state index in [4.69, 9.17) is 0 Å². The van der Waals surface area contributed by atoms with Gasteiger partial charge in [0, 0.05) is 27.2 Å². The standard InChI is InChI=1S/C15H23N7O2S.HI/c1-16-15(18-11-14-19-12-20-22(14)2)17-8-9-25(23,24)21-10-13-6-4-3-5-7-13;/h3-7,12,21H,8-11H2,1-2H3,(H2,16,17,18);1H. The summed E-state index contributed by atoms with van der Waals surface area (Å²) >= 11 is 0. The molecule has 144 valence electrons. The molecule has 3 N–H and O–H groups in total. The number of nitrogens with zero attached hydrogens (tertiary/aromatic N) is 4. The van der Waals surface area contributed by atoms with Crippen LogP contribution in [0.1, 0.15) is 11.4 Å². The third-order valence-corrected chi connectivity index (χ3v) is 4.77. The summed E-state index contributed by atoms with van der Waals surface area (Å²) in [4.78, 5) is 8.15. The van der Waals surface area contributed by atoms with Crippen molar-refractivity contribution in [3.63, 3.8) is 0 Å². The topological polar surface area (TPSA) is 113 Å². The second kappa shape index (κ2) is 11.1. The lowest BCUT2D eigenvalue weighted by atomic mass is 10.2. The third kappa shape index (κ3) is 7.66. The molecule has 0 aliphatic heterocycles. The van der Waals surface area contributed by atoms with Gasteiger partial charge in [0.1, 0.15) is 12.2 Å². The molecule has 0 unspecified atom stereocenters. The molecule has 0 radical (unpaired) electrons. The molecule has 0 aliphatic rings. The minimum absolute atomic E-state index is 0. The molecule has 0 atom stereocenters. The van der Waals surface area contributed by atoms with E-state index in [1.807, 2.05) is 30.3 Å². The monoisotopic (exact) mass is 493 g/mol. The fourth-order valence-electron chi connectivity index (χ4n) is 2.03. The van der Waals surface area contributed by atoms with Gasteiger partial charge >= 0.3 is 0 Å². The van der Waals surface area contributed by atoms with Crippen LogP contribution >= 0.6 is 24.0 Å². The lowest BCUT2D eigenvalue weighted by molar-refractivity contribution is 0.579. The molecular weight excluding hydrogens is 469 g/mol. The van der Waals surface area contributed by atoms with Crippen LogP contribution in [0.4, 0.5) is 0 Å². The Morgan fingerprint density at radius 1 is 1.19 bits per heavy atom. The van der Waals surface area contributed by atoms with Crippen molar-refractivity contribution in [1.82, 2.24) is 30.1 Å². The van der Waals surface area contributed by atoms with Gasteiger partial charge < -0.3 is 10.6 Å². The Hall–Kier alpha value is -1.73. The average Bonchev–Trinajstić information content (AvgIpc) is 3.02. The third-order valence-electron chi connectivity index (χ3n) is 3.44. The van der Waals surface area contributed by atoms with Crippen LogP contribution in [-0.2, 0) is 30.2 Å². The van der Waals surface area contributed by atoms with E-state index in [0.717, 1.165) is 11.4 Å². The van der Waals surface area contributed by atoms with Gasteiger partial charge in [-0.15, -0.1) is 24.0 Å². The number of benzene rings is 1. The maximum atomic E-state index is 12.0. The number of hydrogen-bond donors (Lipinski definition) is 3. The van der Waals surface area contributed by atoms with Crippen molar-refractivity contribution in [3.8, 4) is 0 Å². The fraction of sp³-hybridized carbons (Fsp3) is 0.400. The van der Waals surface area contributed by atoms with Gasteiger partial charge in [0.15, 0.2) is 5.96 Å². The second-order valence-electron chi connectivity index (χ2n) is 5.28. The zero-order chi connectivity index (χ0) is 18.1. The summed E-state index contributed by atoms with van der Waals surface area (Å²) in [5, 5.41) is 10.0. The molecule has 0 aliphatic carbocycles. The summed E-state index contributed by atoms with van der Waals surface area (Å²) in [7, 11) is 0.0457. The maximum absolute atomic E-state index is 12.0. The quantitative estimate of drug-likeness (QED) is 0.276. The minimum atomic E-state index is -3.37. The highest BCUT2D eigenvalue weighted by Crippen LogP contribution is 1.98. The first-order valence-electron chi connectivity index (χ1n) is 7.79. The number of aryl methyl sites for hydroxylation is 1. The van der Waals surface area contributed by atoms with E-state index in [9.17, 15) is 8.42 Å².